The quantitative estimate of drug-likeness (QED) is 0.752. The molecule has 25 heavy (non-hydrogen) atoms. The zero-order valence-corrected chi connectivity index (χ0v) is 15.5. The van der Waals surface area contributed by atoms with Crippen LogP contribution < -0.4 is 10.6 Å². The normalized spacial score (nSPS) is 17.1. The third kappa shape index (κ3) is 5.83. The fourth-order valence-corrected chi connectivity index (χ4v) is 2.97. The minimum Gasteiger partial charge on any atom is -0.348 e. The Morgan fingerprint density at radius 3 is 2.24 bits per heavy atom. The van der Waals surface area contributed by atoms with Crippen LogP contribution >= 0.6 is 0 Å². The van der Waals surface area contributed by atoms with Gasteiger partial charge in [0.05, 0.1) is 6.04 Å². The van der Waals surface area contributed by atoms with Crippen LogP contribution in [-0.2, 0) is 9.59 Å². The summed E-state index contributed by atoms with van der Waals surface area (Å²) in [6.07, 6.45) is 0.812. The van der Waals surface area contributed by atoms with Crippen LogP contribution in [0, 0.1) is 6.92 Å². The minimum atomic E-state index is -0.556. The molecule has 0 bridgehead atoms. The van der Waals surface area contributed by atoms with Gasteiger partial charge < -0.3 is 15.5 Å². The summed E-state index contributed by atoms with van der Waals surface area (Å²) in [5.74, 6) is -1.11. The highest BCUT2D eigenvalue weighted by Crippen LogP contribution is 2.22. The molecule has 1 saturated heterocycles. The van der Waals surface area contributed by atoms with Crippen molar-refractivity contribution in [3.63, 3.8) is 0 Å². The highest BCUT2D eigenvalue weighted by molar-refractivity contribution is 6.35. The number of carbonyl (C=O) groups is 2. The molecule has 1 aromatic rings. The van der Waals surface area contributed by atoms with Crippen LogP contribution in [0.15, 0.2) is 24.3 Å². The number of aryl methyl sites for hydroxylation is 1. The fourth-order valence-electron chi connectivity index (χ4n) is 2.97. The maximum atomic E-state index is 12.0. The Labute approximate surface area is 150 Å². The summed E-state index contributed by atoms with van der Waals surface area (Å²) >= 11 is 0. The van der Waals surface area contributed by atoms with Crippen molar-refractivity contribution in [3.8, 4) is 0 Å². The predicted octanol–water partition coefficient (Wildman–Crippen LogP) is 0.926. The summed E-state index contributed by atoms with van der Waals surface area (Å²) in [6, 6.07) is 8.49. The van der Waals surface area contributed by atoms with Crippen LogP contribution in [-0.4, -0.2) is 67.9 Å². The van der Waals surface area contributed by atoms with Gasteiger partial charge in [-0.2, -0.15) is 0 Å². The van der Waals surface area contributed by atoms with Gasteiger partial charge in [-0.05, 0) is 26.0 Å². The van der Waals surface area contributed by atoms with Crippen LogP contribution in [0.2, 0.25) is 0 Å². The van der Waals surface area contributed by atoms with E-state index < -0.39 is 11.8 Å². The standard InChI is InChI=1S/C19H30N4O2/c1-4-9-20-18(24)19(25)21-14-17(16-7-5-15(2)6-8-16)23-12-10-22(3)11-13-23/h5-8,17H,4,9-14H2,1-3H3,(H,20,24)(H,21,25). The average molecular weight is 346 g/mol. The van der Waals surface area contributed by atoms with Crippen LogP contribution in [0.4, 0.5) is 0 Å². The van der Waals surface area contributed by atoms with Gasteiger partial charge >= 0.3 is 11.8 Å². The number of nitrogens with zero attached hydrogens (tertiary/aromatic N) is 2. The summed E-state index contributed by atoms with van der Waals surface area (Å²) in [5, 5.41) is 5.42. The van der Waals surface area contributed by atoms with E-state index in [-0.39, 0.29) is 6.04 Å². The van der Waals surface area contributed by atoms with Crippen LogP contribution in [0.25, 0.3) is 0 Å². The number of hydrogen-bond donors (Lipinski definition) is 2. The predicted molar refractivity (Wildman–Crippen MR) is 99.3 cm³/mol. The molecule has 2 amide bonds. The Balaban J connectivity index is 2.03. The van der Waals surface area contributed by atoms with Gasteiger partial charge in [0.2, 0.25) is 0 Å². The summed E-state index contributed by atoms with van der Waals surface area (Å²) in [6.45, 7) is 8.89. The maximum Gasteiger partial charge on any atom is 0.309 e. The molecule has 1 aromatic carbocycles. The van der Waals surface area contributed by atoms with Crippen LogP contribution in [0.5, 0.6) is 0 Å². The fraction of sp³-hybridized carbons (Fsp3) is 0.579. The van der Waals surface area contributed by atoms with E-state index in [4.69, 9.17) is 0 Å². The molecule has 138 valence electrons. The number of piperazine rings is 1. The van der Waals surface area contributed by atoms with Crippen LogP contribution in [0.1, 0.15) is 30.5 Å². The first-order valence-corrected chi connectivity index (χ1v) is 9.06. The van der Waals surface area contributed by atoms with Crippen molar-refractivity contribution in [2.24, 2.45) is 0 Å². The van der Waals surface area contributed by atoms with Crippen molar-refractivity contribution in [2.75, 3.05) is 46.3 Å². The topological polar surface area (TPSA) is 64.7 Å². The third-order valence-corrected chi connectivity index (χ3v) is 4.64. The second kappa shape index (κ2) is 9.53. The second-order valence-electron chi connectivity index (χ2n) is 6.73. The molecular weight excluding hydrogens is 316 g/mol. The first-order chi connectivity index (χ1) is 12.0. The molecule has 0 saturated carbocycles. The van der Waals surface area contributed by atoms with Gasteiger partial charge in [-0.1, -0.05) is 36.8 Å². The Bertz CT molecular complexity index is 565. The van der Waals surface area contributed by atoms with E-state index in [0.717, 1.165) is 32.6 Å². The number of nitrogens with one attached hydrogen (secondary N) is 2. The van der Waals surface area contributed by atoms with Crippen molar-refractivity contribution in [1.29, 1.82) is 0 Å². The number of carbonyl (C=O) groups excluding carboxylic acids is 2. The highest BCUT2D eigenvalue weighted by Gasteiger charge is 2.25. The average Bonchev–Trinajstić information content (AvgIpc) is 2.62. The molecule has 0 aromatic heterocycles. The summed E-state index contributed by atoms with van der Waals surface area (Å²) in [5.41, 5.74) is 2.38. The van der Waals surface area contributed by atoms with Crippen molar-refractivity contribution in [2.45, 2.75) is 26.3 Å². The van der Waals surface area contributed by atoms with Gasteiger partial charge in [0.15, 0.2) is 0 Å². The lowest BCUT2D eigenvalue weighted by Gasteiger charge is -2.38. The molecule has 6 heteroatoms. The summed E-state index contributed by atoms with van der Waals surface area (Å²) < 4.78 is 0. The lowest BCUT2D eigenvalue weighted by Crippen LogP contribution is -2.49. The van der Waals surface area contributed by atoms with Crippen molar-refractivity contribution in [1.82, 2.24) is 20.4 Å². The largest absolute Gasteiger partial charge is 0.348 e. The Kier molecular flexibility index (Phi) is 7.40. The maximum absolute atomic E-state index is 12.0. The summed E-state index contributed by atoms with van der Waals surface area (Å²) in [7, 11) is 2.12. The second-order valence-corrected chi connectivity index (χ2v) is 6.73. The summed E-state index contributed by atoms with van der Waals surface area (Å²) in [4.78, 5) is 28.5. The van der Waals surface area contributed by atoms with Crippen molar-refractivity contribution in [3.05, 3.63) is 35.4 Å². The van der Waals surface area contributed by atoms with Crippen LogP contribution in [0.3, 0.4) is 0 Å². The lowest BCUT2D eigenvalue weighted by molar-refractivity contribution is -0.139. The Morgan fingerprint density at radius 1 is 1.04 bits per heavy atom. The molecule has 1 heterocycles. The van der Waals surface area contributed by atoms with E-state index in [1.54, 1.807) is 0 Å². The van der Waals surface area contributed by atoms with Gasteiger partial charge in [0, 0.05) is 39.3 Å². The van der Waals surface area contributed by atoms with Gasteiger partial charge in [0.25, 0.3) is 0 Å². The first kappa shape index (κ1) is 19.4. The van der Waals surface area contributed by atoms with E-state index in [0.29, 0.717) is 13.1 Å². The Morgan fingerprint density at radius 2 is 1.64 bits per heavy atom. The zero-order valence-electron chi connectivity index (χ0n) is 15.5. The molecule has 0 aliphatic carbocycles. The van der Waals surface area contributed by atoms with Gasteiger partial charge in [-0.25, -0.2) is 0 Å². The lowest BCUT2D eigenvalue weighted by atomic mass is 10.0. The molecule has 1 fully saturated rings. The van der Waals surface area contributed by atoms with E-state index in [1.807, 2.05) is 6.92 Å². The molecule has 1 aliphatic rings. The zero-order chi connectivity index (χ0) is 18.2. The third-order valence-electron chi connectivity index (χ3n) is 4.64. The molecule has 0 spiro atoms. The van der Waals surface area contributed by atoms with Gasteiger partial charge in [-0.15, -0.1) is 0 Å². The van der Waals surface area contributed by atoms with E-state index in [9.17, 15) is 9.59 Å². The molecule has 6 nitrogen and oxygen atoms in total. The minimum absolute atomic E-state index is 0.0808. The number of rotatable bonds is 6. The number of benzene rings is 1. The number of likely N-dealkylation sites (N-methyl/N-ethyl adjacent to an activating group) is 1. The Hall–Kier alpha value is -1.92. The van der Waals surface area contributed by atoms with Crippen molar-refractivity contribution < 1.29 is 9.59 Å². The number of hydrogen-bond acceptors (Lipinski definition) is 4. The number of amides is 2. The van der Waals surface area contributed by atoms with Crippen molar-refractivity contribution >= 4 is 11.8 Å². The first-order valence-electron chi connectivity index (χ1n) is 9.06. The highest BCUT2D eigenvalue weighted by atomic mass is 16.2. The van der Waals surface area contributed by atoms with E-state index in [1.165, 1.54) is 11.1 Å². The molecule has 0 radical (unpaired) electrons. The smallest absolute Gasteiger partial charge is 0.309 e. The van der Waals surface area contributed by atoms with Gasteiger partial charge in [0.1, 0.15) is 0 Å². The van der Waals surface area contributed by atoms with Gasteiger partial charge in [-0.3, -0.25) is 14.5 Å². The van der Waals surface area contributed by atoms with E-state index >= 15 is 0 Å². The monoisotopic (exact) mass is 346 g/mol. The molecule has 1 unspecified atom stereocenters. The molecular formula is C19H30N4O2. The SMILES string of the molecule is CCCNC(=O)C(=O)NCC(c1ccc(C)cc1)N1CCN(C)CC1. The molecule has 2 rings (SSSR count). The molecule has 1 aliphatic heterocycles. The molecule has 1 atom stereocenters. The van der Waals surface area contributed by atoms with E-state index in [2.05, 4.69) is 58.7 Å². The molecule has 2 N–H and O–H groups in total.